The van der Waals surface area contributed by atoms with Crippen molar-refractivity contribution in [2.24, 2.45) is 0 Å². The highest BCUT2D eigenvalue weighted by atomic mass is 79.9. The van der Waals surface area contributed by atoms with Crippen molar-refractivity contribution in [2.75, 3.05) is 10.0 Å². The van der Waals surface area contributed by atoms with Crippen LogP contribution in [0, 0.1) is 5.82 Å². The molecule has 0 saturated heterocycles. The molecule has 0 atom stereocenters. The number of hydrogen-bond acceptors (Lipinski definition) is 3. The number of halogens is 6. The molecule has 0 spiro atoms. The molecule has 1 saturated carbocycles. The van der Waals surface area contributed by atoms with Crippen molar-refractivity contribution < 1.29 is 30.8 Å². The Morgan fingerprint density at radius 3 is 2.34 bits per heavy atom. The van der Waals surface area contributed by atoms with Gasteiger partial charge in [0.05, 0.1) is 37.2 Å². The van der Waals surface area contributed by atoms with E-state index in [-0.39, 0.29) is 26.4 Å². The SMILES string of the molecule is O=C(Nc1ccc(C(F)(F)F)cc1Cl)c1cc(Br)c(F)cc1NS(=O)(=O)C1CC1. The zero-order valence-electron chi connectivity index (χ0n) is 14.3. The summed E-state index contributed by atoms with van der Waals surface area (Å²) in [6.07, 6.45) is -3.70. The Morgan fingerprint density at radius 1 is 1.14 bits per heavy atom. The Bertz CT molecular complexity index is 1090. The van der Waals surface area contributed by atoms with Gasteiger partial charge in [0.15, 0.2) is 0 Å². The third-order valence-electron chi connectivity index (χ3n) is 4.07. The largest absolute Gasteiger partial charge is 0.416 e. The van der Waals surface area contributed by atoms with Crippen molar-refractivity contribution >= 4 is 54.8 Å². The molecule has 5 nitrogen and oxygen atoms in total. The fourth-order valence-corrected chi connectivity index (χ4v) is 4.39. The highest BCUT2D eigenvalue weighted by Gasteiger charge is 2.36. The van der Waals surface area contributed by atoms with E-state index in [2.05, 4.69) is 26.0 Å². The molecule has 0 bridgehead atoms. The average molecular weight is 516 g/mol. The lowest BCUT2D eigenvalue weighted by molar-refractivity contribution is -0.137. The first-order valence-corrected chi connectivity index (χ1v) is 10.8. The molecule has 2 aromatic carbocycles. The lowest BCUT2D eigenvalue weighted by Crippen LogP contribution is -2.21. The normalized spacial score (nSPS) is 14.6. The van der Waals surface area contributed by atoms with Crippen LogP contribution in [0.5, 0.6) is 0 Å². The van der Waals surface area contributed by atoms with Crippen molar-refractivity contribution in [2.45, 2.75) is 24.3 Å². The number of nitrogens with one attached hydrogen (secondary N) is 2. The summed E-state index contributed by atoms with van der Waals surface area (Å²) in [6.45, 7) is 0. The van der Waals surface area contributed by atoms with Gasteiger partial charge in [0.25, 0.3) is 5.91 Å². The maximum absolute atomic E-state index is 13.9. The summed E-state index contributed by atoms with van der Waals surface area (Å²) in [4.78, 5) is 12.6. The smallest absolute Gasteiger partial charge is 0.321 e. The first-order valence-electron chi connectivity index (χ1n) is 8.07. The minimum atomic E-state index is -4.61. The van der Waals surface area contributed by atoms with Gasteiger partial charge < -0.3 is 5.32 Å². The molecule has 0 aliphatic heterocycles. The lowest BCUT2D eigenvalue weighted by Gasteiger charge is -2.15. The van der Waals surface area contributed by atoms with Gasteiger partial charge in [-0.2, -0.15) is 13.2 Å². The summed E-state index contributed by atoms with van der Waals surface area (Å²) in [5.74, 6) is -1.69. The summed E-state index contributed by atoms with van der Waals surface area (Å²) in [5.41, 5.74) is -1.65. The second kappa shape index (κ2) is 7.77. The van der Waals surface area contributed by atoms with Gasteiger partial charge in [-0.25, -0.2) is 12.8 Å². The van der Waals surface area contributed by atoms with E-state index >= 15 is 0 Å². The number of hydrogen-bond donors (Lipinski definition) is 2. The maximum atomic E-state index is 13.9. The van der Waals surface area contributed by atoms with Crippen molar-refractivity contribution in [1.29, 1.82) is 0 Å². The molecule has 2 aromatic rings. The molecule has 1 aliphatic rings. The summed E-state index contributed by atoms with van der Waals surface area (Å²) in [6, 6.07) is 4.25. The van der Waals surface area contributed by atoms with Gasteiger partial charge >= 0.3 is 6.18 Å². The number of amides is 1. The van der Waals surface area contributed by atoms with Crippen molar-refractivity contribution in [3.8, 4) is 0 Å². The minimum Gasteiger partial charge on any atom is -0.321 e. The molecule has 156 valence electrons. The third kappa shape index (κ3) is 5.01. The number of carbonyl (C=O) groups is 1. The van der Waals surface area contributed by atoms with Crippen molar-refractivity contribution in [3.05, 3.63) is 56.8 Å². The van der Waals surface area contributed by atoms with Crippen LogP contribution in [0.15, 0.2) is 34.8 Å². The Kier molecular flexibility index (Phi) is 5.85. The summed E-state index contributed by atoms with van der Waals surface area (Å²) < 4.78 is 78.6. The van der Waals surface area contributed by atoms with Crippen molar-refractivity contribution in [1.82, 2.24) is 0 Å². The zero-order valence-corrected chi connectivity index (χ0v) is 17.4. The first-order chi connectivity index (χ1) is 13.4. The van der Waals surface area contributed by atoms with Crippen LogP contribution in [0.1, 0.15) is 28.8 Å². The monoisotopic (exact) mass is 514 g/mol. The molecule has 0 radical (unpaired) electrons. The summed E-state index contributed by atoms with van der Waals surface area (Å²) >= 11 is 8.74. The Balaban J connectivity index is 1.92. The van der Waals surface area contributed by atoms with Gasteiger partial charge in [-0.15, -0.1) is 0 Å². The van der Waals surface area contributed by atoms with E-state index in [1.54, 1.807) is 0 Å². The number of benzene rings is 2. The molecule has 1 amide bonds. The third-order valence-corrected chi connectivity index (χ3v) is 6.84. The van der Waals surface area contributed by atoms with Crippen LogP contribution >= 0.6 is 27.5 Å². The van der Waals surface area contributed by atoms with E-state index in [0.717, 1.165) is 24.3 Å². The highest BCUT2D eigenvalue weighted by Crippen LogP contribution is 2.35. The van der Waals surface area contributed by atoms with Crippen LogP contribution in [0.3, 0.4) is 0 Å². The van der Waals surface area contributed by atoms with Crippen LogP contribution in [-0.4, -0.2) is 19.6 Å². The Hall–Kier alpha value is -1.85. The van der Waals surface area contributed by atoms with Gasteiger partial charge in [0.1, 0.15) is 5.82 Å². The topological polar surface area (TPSA) is 75.3 Å². The highest BCUT2D eigenvalue weighted by molar-refractivity contribution is 9.10. The second-order valence-corrected chi connectivity index (χ2v) is 9.53. The molecule has 12 heteroatoms. The van der Waals surface area contributed by atoms with E-state index in [1.165, 1.54) is 0 Å². The molecule has 2 N–H and O–H groups in total. The second-order valence-electron chi connectivity index (χ2n) is 6.30. The van der Waals surface area contributed by atoms with Gasteiger partial charge in [-0.1, -0.05) is 11.6 Å². The van der Waals surface area contributed by atoms with Gasteiger partial charge in [0.2, 0.25) is 10.0 Å². The van der Waals surface area contributed by atoms with E-state index in [9.17, 15) is 30.8 Å². The minimum absolute atomic E-state index is 0.101. The molecular formula is C17H12BrClF4N2O3S. The van der Waals surface area contributed by atoms with Crippen LogP contribution in [-0.2, 0) is 16.2 Å². The van der Waals surface area contributed by atoms with Gasteiger partial charge in [0, 0.05) is 0 Å². The summed E-state index contributed by atoms with van der Waals surface area (Å²) in [7, 11) is -3.79. The molecule has 0 heterocycles. The lowest BCUT2D eigenvalue weighted by atomic mass is 10.1. The number of sulfonamides is 1. The van der Waals surface area contributed by atoms with Crippen LogP contribution in [0.2, 0.25) is 5.02 Å². The Labute approximate surface area is 176 Å². The fraction of sp³-hybridized carbons (Fsp3) is 0.235. The number of carbonyl (C=O) groups excluding carboxylic acids is 1. The Morgan fingerprint density at radius 2 is 1.79 bits per heavy atom. The predicted molar refractivity (Wildman–Crippen MR) is 104 cm³/mol. The predicted octanol–water partition coefficient (Wildman–Crippen LogP) is 5.42. The average Bonchev–Trinajstić information content (AvgIpc) is 3.44. The molecule has 0 unspecified atom stereocenters. The van der Waals surface area contributed by atoms with Crippen LogP contribution in [0.4, 0.5) is 28.9 Å². The molecular weight excluding hydrogens is 504 g/mol. The van der Waals surface area contributed by atoms with Gasteiger partial charge in [-0.05, 0) is 59.1 Å². The fourth-order valence-electron chi connectivity index (χ4n) is 2.42. The van der Waals surface area contributed by atoms with Crippen LogP contribution < -0.4 is 10.0 Å². The standard InChI is InChI=1S/C17H12BrClF4N2O3S/c18-11-6-10(15(7-13(11)20)25-29(27,28)9-2-3-9)16(26)24-14-4-1-8(5-12(14)19)17(21,22)23/h1,4-7,9,25H,2-3H2,(H,24,26). The quantitative estimate of drug-likeness (QED) is 0.523. The van der Waals surface area contributed by atoms with E-state index in [1.807, 2.05) is 0 Å². The van der Waals surface area contributed by atoms with Gasteiger partial charge in [-0.3, -0.25) is 9.52 Å². The zero-order chi connectivity index (χ0) is 21.6. The molecule has 3 rings (SSSR count). The number of rotatable bonds is 5. The first kappa shape index (κ1) is 21.8. The summed E-state index contributed by atoms with van der Waals surface area (Å²) in [5, 5.41) is 1.32. The maximum Gasteiger partial charge on any atom is 0.416 e. The van der Waals surface area contributed by atoms with Crippen molar-refractivity contribution in [3.63, 3.8) is 0 Å². The number of anilines is 2. The molecule has 29 heavy (non-hydrogen) atoms. The van der Waals surface area contributed by atoms with Crippen LogP contribution in [0.25, 0.3) is 0 Å². The molecule has 1 fully saturated rings. The van der Waals surface area contributed by atoms with E-state index in [4.69, 9.17) is 11.6 Å². The van der Waals surface area contributed by atoms with E-state index in [0.29, 0.717) is 18.9 Å². The van der Waals surface area contributed by atoms with E-state index < -0.39 is 38.7 Å². The molecule has 1 aliphatic carbocycles. The molecule has 0 aromatic heterocycles. The number of alkyl halides is 3.